The second-order valence-corrected chi connectivity index (χ2v) is 6.53. The van der Waals surface area contributed by atoms with Gasteiger partial charge in [0, 0.05) is 6.04 Å². The molecule has 2 aromatic rings. The van der Waals surface area contributed by atoms with Crippen molar-refractivity contribution in [2.24, 2.45) is 0 Å². The molecule has 1 saturated carbocycles. The highest BCUT2D eigenvalue weighted by molar-refractivity contribution is 8.00. The van der Waals surface area contributed by atoms with Crippen LogP contribution in [0.4, 0.5) is 0 Å². The van der Waals surface area contributed by atoms with Gasteiger partial charge in [0.1, 0.15) is 0 Å². The fourth-order valence-corrected chi connectivity index (χ4v) is 3.29. The summed E-state index contributed by atoms with van der Waals surface area (Å²) in [6.45, 7) is 1.89. The Hall–Kier alpha value is -1.32. The molecule has 0 N–H and O–H groups in total. The van der Waals surface area contributed by atoms with Crippen LogP contribution in [0.25, 0.3) is 10.7 Å². The molecule has 1 fully saturated rings. The molecule has 1 aliphatic carbocycles. The quantitative estimate of drug-likeness (QED) is 0.804. The number of thioether (sulfide) groups is 1. The zero-order valence-corrected chi connectivity index (χ0v) is 11.5. The van der Waals surface area contributed by atoms with Crippen molar-refractivity contribution in [3.05, 3.63) is 17.5 Å². The van der Waals surface area contributed by atoms with E-state index in [1.165, 1.54) is 24.6 Å². The summed E-state index contributed by atoms with van der Waals surface area (Å²) in [6.07, 6.45) is 2.37. The van der Waals surface area contributed by atoms with E-state index >= 15 is 0 Å². The number of hydrogen-bond donors (Lipinski definition) is 0. The van der Waals surface area contributed by atoms with Gasteiger partial charge in [-0.1, -0.05) is 17.8 Å². The van der Waals surface area contributed by atoms with Crippen LogP contribution in [0, 0.1) is 11.3 Å². The van der Waals surface area contributed by atoms with Crippen molar-refractivity contribution in [1.82, 2.24) is 14.8 Å². The number of hydrogen-bond acceptors (Lipinski definition) is 5. The maximum atomic E-state index is 8.91. The monoisotopic (exact) mass is 276 g/mol. The fourth-order valence-electron chi connectivity index (χ4n) is 1.78. The first kappa shape index (κ1) is 11.8. The third-order valence-electron chi connectivity index (χ3n) is 2.78. The minimum absolute atomic E-state index is 0.0946. The number of nitriles is 1. The molecule has 2 aromatic heterocycles. The molecule has 0 saturated heterocycles. The van der Waals surface area contributed by atoms with Crippen LogP contribution < -0.4 is 0 Å². The van der Waals surface area contributed by atoms with E-state index in [0.29, 0.717) is 6.04 Å². The predicted octanol–water partition coefficient (Wildman–Crippen LogP) is 3.35. The summed E-state index contributed by atoms with van der Waals surface area (Å²) >= 11 is 3.17. The molecule has 1 atom stereocenters. The SMILES string of the molecule is CC(C#N)Sc1nnc(-c2cccs2)n1C1CC1. The Morgan fingerprint density at radius 2 is 2.39 bits per heavy atom. The normalized spacial score (nSPS) is 16.4. The Balaban J connectivity index is 1.99. The Labute approximate surface area is 114 Å². The van der Waals surface area contributed by atoms with Crippen LogP contribution >= 0.6 is 23.1 Å². The average molecular weight is 276 g/mol. The van der Waals surface area contributed by atoms with Crippen LogP contribution in [-0.2, 0) is 0 Å². The summed E-state index contributed by atoms with van der Waals surface area (Å²) < 4.78 is 2.20. The lowest BCUT2D eigenvalue weighted by atomic mass is 10.4. The number of thiophene rings is 1. The van der Waals surface area contributed by atoms with Crippen molar-refractivity contribution < 1.29 is 0 Å². The van der Waals surface area contributed by atoms with Crippen LogP contribution in [0.1, 0.15) is 25.8 Å². The van der Waals surface area contributed by atoms with E-state index in [0.717, 1.165) is 15.9 Å². The zero-order valence-electron chi connectivity index (χ0n) is 9.91. The molecule has 2 heterocycles. The van der Waals surface area contributed by atoms with Gasteiger partial charge in [-0.15, -0.1) is 21.5 Å². The molecule has 3 rings (SSSR count). The molecule has 0 amide bonds. The summed E-state index contributed by atoms with van der Waals surface area (Å²) in [4.78, 5) is 1.14. The van der Waals surface area contributed by atoms with Crippen LogP contribution in [0.5, 0.6) is 0 Å². The van der Waals surface area contributed by atoms with Crippen LogP contribution in [0.3, 0.4) is 0 Å². The molecule has 6 heteroatoms. The third-order valence-corrected chi connectivity index (χ3v) is 4.60. The average Bonchev–Trinajstić information content (AvgIpc) is 2.92. The Kier molecular flexibility index (Phi) is 3.10. The molecule has 0 bridgehead atoms. The molecular formula is C12H12N4S2. The minimum atomic E-state index is -0.0946. The van der Waals surface area contributed by atoms with Crippen molar-refractivity contribution in [3.63, 3.8) is 0 Å². The van der Waals surface area contributed by atoms with Crippen molar-refractivity contribution in [2.45, 2.75) is 36.2 Å². The van der Waals surface area contributed by atoms with E-state index in [2.05, 4.69) is 26.9 Å². The minimum Gasteiger partial charge on any atom is -0.298 e. The summed E-state index contributed by atoms with van der Waals surface area (Å²) in [5, 5.41) is 20.3. The lowest BCUT2D eigenvalue weighted by Gasteiger charge is -2.07. The van der Waals surface area contributed by atoms with Crippen LogP contribution in [0.15, 0.2) is 22.7 Å². The first-order valence-electron chi connectivity index (χ1n) is 5.84. The largest absolute Gasteiger partial charge is 0.298 e. The van der Waals surface area contributed by atoms with Gasteiger partial charge in [-0.3, -0.25) is 4.57 Å². The van der Waals surface area contributed by atoms with Gasteiger partial charge in [0.15, 0.2) is 11.0 Å². The molecule has 0 aromatic carbocycles. The van der Waals surface area contributed by atoms with Gasteiger partial charge >= 0.3 is 0 Å². The number of aromatic nitrogens is 3. The van der Waals surface area contributed by atoms with E-state index in [1.807, 2.05) is 18.4 Å². The highest BCUT2D eigenvalue weighted by Crippen LogP contribution is 2.42. The van der Waals surface area contributed by atoms with E-state index in [1.54, 1.807) is 11.3 Å². The third kappa shape index (κ3) is 2.16. The molecule has 4 nitrogen and oxygen atoms in total. The topological polar surface area (TPSA) is 54.5 Å². The molecule has 0 radical (unpaired) electrons. The van der Waals surface area contributed by atoms with Gasteiger partial charge in [-0.25, -0.2) is 0 Å². The van der Waals surface area contributed by atoms with Gasteiger partial charge < -0.3 is 0 Å². The maximum absolute atomic E-state index is 8.91. The number of nitrogens with zero attached hydrogens (tertiary/aromatic N) is 4. The number of rotatable bonds is 4. The van der Waals surface area contributed by atoms with E-state index in [4.69, 9.17) is 5.26 Å². The molecular weight excluding hydrogens is 264 g/mol. The Morgan fingerprint density at radius 3 is 3.00 bits per heavy atom. The molecule has 1 unspecified atom stereocenters. The van der Waals surface area contributed by atoms with Crippen molar-refractivity contribution in [2.75, 3.05) is 0 Å². The predicted molar refractivity (Wildman–Crippen MR) is 72.5 cm³/mol. The zero-order chi connectivity index (χ0) is 12.5. The summed E-state index contributed by atoms with van der Waals surface area (Å²) in [7, 11) is 0. The highest BCUT2D eigenvalue weighted by atomic mass is 32.2. The van der Waals surface area contributed by atoms with Gasteiger partial charge in [-0.05, 0) is 31.2 Å². The lowest BCUT2D eigenvalue weighted by molar-refractivity contribution is 0.669. The van der Waals surface area contributed by atoms with Gasteiger partial charge in [0.2, 0.25) is 0 Å². The molecule has 18 heavy (non-hydrogen) atoms. The first-order chi connectivity index (χ1) is 8.79. The Morgan fingerprint density at radius 1 is 1.56 bits per heavy atom. The summed E-state index contributed by atoms with van der Waals surface area (Å²) in [6, 6.07) is 6.84. The highest BCUT2D eigenvalue weighted by Gasteiger charge is 2.30. The second-order valence-electron chi connectivity index (χ2n) is 4.27. The van der Waals surface area contributed by atoms with Crippen LogP contribution in [0.2, 0.25) is 0 Å². The molecule has 92 valence electrons. The molecule has 0 spiro atoms. The summed E-state index contributed by atoms with van der Waals surface area (Å²) in [5.74, 6) is 0.945. The lowest BCUT2D eigenvalue weighted by Crippen LogP contribution is -2.01. The van der Waals surface area contributed by atoms with Crippen molar-refractivity contribution in [1.29, 1.82) is 5.26 Å². The molecule has 1 aliphatic rings. The smallest absolute Gasteiger partial charge is 0.193 e. The van der Waals surface area contributed by atoms with Crippen molar-refractivity contribution in [3.8, 4) is 16.8 Å². The van der Waals surface area contributed by atoms with E-state index < -0.39 is 0 Å². The molecule has 0 aliphatic heterocycles. The van der Waals surface area contributed by atoms with Crippen molar-refractivity contribution >= 4 is 23.1 Å². The van der Waals surface area contributed by atoms with Gasteiger partial charge in [0.05, 0.1) is 16.2 Å². The van der Waals surface area contributed by atoms with E-state index in [9.17, 15) is 0 Å². The van der Waals surface area contributed by atoms with E-state index in [-0.39, 0.29) is 5.25 Å². The van der Waals surface area contributed by atoms with Gasteiger partial charge in [0.25, 0.3) is 0 Å². The maximum Gasteiger partial charge on any atom is 0.193 e. The van der Waals surface area contributed by atoms with Gasteiger partial charge in [-0.2, -0.15) is 5.26 Å². The van der Waals surface area contributed by atoms with Crippen LogP contribution in [-0.4, -0.2) is 20.0 Å². The summed E-state index contributed by atoms with van der Waals surface area (Å²) in [5.41, 5.74) is 0. The second kappa shape index (κ2) is 4.75. The fraction of sp³-hybridized carbons (Fsp3) is 0.417. The first-order valence-corrected chi connectivity index (χ1v) is 7.60. The standard InChI is InChI=1S/C12H12N4S2/c1-8(7-13)18-12-15-14-11(10-3-2-6-17-10)16(12)9-4-5-9/h2-3,6,8-9H,4-5H2,1H3. The Bertz CT molecular complexity index is 578.